The Bertz CT molecular complexity index is 957. The van der Waals surface area contributed by atoms with Gasteiger partial charge in [0.15, 0.2) is 5.96 Å². The van der Waals surface area contributed by atoms with Gasteiger partial charge in [0.05, 0.1) is 0 Å². The third-order valence-corrected chi connectivity index (χ3v) is 5.50. The first kappa shape index (κ1) is 24.0. The highest BCUT2D eigenvalue weighted by atomic mass is 127. The summed E-state index contributed by atoms with van der Waals surface area (Å²) >= 11 is 1.58. The minimum atomic E-state index is -0.637. The molecule has 1 atom stereocenters. The molecule has 0 aliphatic carbocycles. The van der Waals surface area contributed by atoms with Crippen LogP contribution in [0.5, 0.6) is 0 Å². The number of carbonyl (C=O) groups is 1. The molecule has 0 spiro atoms. The van der Waals surface area contributed by atoms with Crippen molar-refractivity contribution in [3.63, 3.8) is 0 Å². The molecule has 0 bridgehead atoms. The molecule has 160 valence electrons. The number of anilines is 1. The fourth-order valence-electron chi connectivity index (χ4n) is 2.72. The molecule has 30 heavy (non-hydrogen) atoms. The number of aromatic nitrogens is 1. The Labute approximate surface area is 197 Å². The monoisotopic (exact) mass is 539 g/mol. The van der Waals surface area contributed by atoms with Crippen LogP contribution < -0.4 is 16.0 Å². The lowest BCUT2D eigenvalue weighted by atomic mass is 10.2. The van der Waals surface area contributed by atoms with E-state index in [2.05, 4.69) is 25.9 Å². The Hall–Kier alpha value is -2.24. The van der Waals surface area contributed by atoms with Crippen molar-refractivity contribution in [2.24, 2.45) is 4.99 Å². The number of aliphatic hydroxyl groups excluding tert-OH is 1. The van der Waals surface area contributed by atoms with Gasteiger partial charge in [0.25, 0.3) is 0 Å². The maximum atomic E-state index is 12.0. The number of aryl methyl sites for hydroxylation is 1. The van der Waals surface area contributed by atoms with Gasteiger partial charge in [-0.2, -0.15) is 0 Å². The zero-order valence-corrected chi connectivity index (χ0v) is 20.0. The van der Waals surface area contributed by atoms with E-state index in [1.54, 1.807) is 30.6 Å². The molecule has 1 aromatic carbocycles. The Morgan fingerprint density at radius 3 is 2.73 bits per heavy atom. The SMILES string of the molecule is CN=C(NCCC(=O)Nc1ccc(C)cn1)NCC(O)c1cc2ccccc2s1.I. The van der Waals surface area contributed by atoms with Crippen molar-refractivity contribution in [1.82, 2.24) is 15.6 Å². The number of pyridine rings is 1. The summed E-state index contributed by atoms with van der Waals surface area (Å²) in [5.74, 6) is 0.940. The van der Waals surface area contributed by atoms with E-state index < -0.39 is 6.10 Å². The topological polar surface area (TPSA) is 98.6 Å². The smallest absolute Gasteiger partial charge is 0.227 e. The van der Waals surface area contributed by atoms with Crippen LogP contribution in [0.25, 0.3) is 10.1 Å². The van der Waals surface area contributed by atoms with E-state index in [1.807, 2.05) is 43.3 Å². The summed E-state index contributed by atoms with van der Waals surface area (Å²) in [5, 5.41) is 20.5. The summed E-state index contributed by atoms with van der Waals surface area (Å²) in [6.07, 6.45) is 1.35. The van der Waals surface area contributed by atoms with Crippen LogP contribution in [0.2, 0.25) is 0 Å². The quantitative estimate of drug-likeness (QED) is 0.210. The number of fused-ring (bicyclic) bond motifs is 1. The predicted octanol–water partition coefficient (Wildman–Crippen LogP) is 3.45. The van der Waals surface area contributed by atoms with Crippen LogP contribution in [0.4, 0.5) is 5.82 Å². The number of guanidine groups is 1. The van der Waals surface area contributed by atoms with Crippen LogP contribution in [-0.4, -0.2) is 42.1 Å². The van der Waals surface area contributed by atoms with Crippen molar-refractivity contribution in [3.8, 4) is 0 Å². The zero-order valence-electron chi connectivity index (χ0n) is 16.9. The van der Waals surface area contributed by atoms with Crippen molar-refractivity contribution in [3.05, 3.63) is 59.1 Å². The number of hydrogen-bond acceptors (Lipinski definition) is 5. The van der Waals surface area contributed by atoms with Gasteiger partial charge in [-0.05, 0) is 36.1 Å². The number of hydrogen-bond donors (Lipinski definition) is 4. The first-order chi connectivity index (χ1) is 14.0. The summed E-state index contributed by atoms with van der Waals surface area (Å²) in [6.45, 7) is 2.68. The van der Waals surface area contributed by atoms with Crippen LogP contribution in [0.3, 0.4) is 0 Å². The second-order valence-corrected chi connectivity index (χ2v) is 7.72. The van der Waals surface area contributed by atoms with Gasteiger partial charge in [-0.3, -0.25) is 9.79 Å². The molecule has 0 radical (unpaired) electrons. The minimum absolute atomic E-state index is 0. The molecule has 9 heteroatoms. The molecule has 1 unspecified atom stereocenters. The third-order valence-electron chi connectivity index (χ3n) is 4.28. The summed E-state index contributed by atoms with van der Waals surface area (Å²) in [6, 6.07) is 13.7. The van der Waals surface area contributed by atoms with Gasteiger partial charge in [-0.1, -0.05) is 24.3 Å². The van der Waals surface area contributed by atoms with E-state index >= 15 is 0 Å². The number of halogens is 1. The van der Waals surface area contributed by atoms with E-state index in [0.29, 0.717) is 24.9 Å². The van der Waals surface area contributed by atoms with Crippen LogP contribution in [0.15, 0.2) is 53.7 Å². The Balaban J connectivity index is 0.00000320. The molecule has 0 aliphatic heterocycles. The van der Waals surface area contributed by atoms with Gasteiger partial charge in [0.1, 0.15) is 11.9 Å². The van der Waals surface area contributed by atoms with Crippen molar-refractivity contribution in [2.75, 3.05) is 25.5 Å². The first-order valence-corrected chi connectivity index (χ1v) is 10.2. The lowest BCUT2D eigenvalue weighted by Crippen LogP contribution is -2.40. The van der Waals surface area contributed by atoms with Gasteiger partial charge >= 0.3 is 0 Å². The molecule has 4 N–H and O–H groups in total. The maximum Gasteiger partial charge on any atom is 0.227 e. The average Bonchev–Trinajstić information content (AvgIpc) is 3.16. The minimum Gasteiger partial charge on any atom is -0.386 e. The molecule has 3 rings (SSSR count). The third kappa shape index (κ3) is 6.92. The standard InChI is InChI=1S/C21H25N5O2S.HI/c1-14-7-8-19(24-12-14)26-20(28)9-10-23-21(22-2)25-13-16(27)18-11-15-5-3-4-6-17(15)29-18;/h3-8,11-12,16,27H,9-10,13H2,1-2H3,(H2,22,23,25)(H,24,26,28);1H. The molecular formula is C21H26IN5O2S. The number of nitrogens with one attached hydrogen (secondary N) is 3. The highest BCUT2D eigenvalue weighted by molar-refractivity contribution is 14.0. The van der Waals surface area contributed by atoms with Crippen molar-refractivity contribution < 1.29 is 9.90 Å². The van der Waals surface area contributed by atoms with Crippen LogP contribution in [-0.2, 0) is 4.79 Å². The van der Waals surface area contributed by atoms with Crippen LogP contribution >= 0.6 is 35.3 Å². The molecule has 0 saturated heterocycles. The number of nitrogens with zero attached hydrogens (tertiary/aromatic N) is 2. The number of benzene rings is 1. The summed E-state index contributed by atoms with van der Waals surface area (Å²) in [7, 11) is 1.65. The number of carbonyl (C=O) groups excluding carboxylic acids is 1. The summed E-state index contributed by atoms with van der Waals surface area (Å²) in [4.78, 5) is 21.2. The molecule has 2 heterocycles. The Morgan fingerprint density at radius 1 is 1.23 bits per heavy atom. The van der Waals surface area contributed by atoms with Gasteiger partial charge in [0, 0.05) is 42.3 Å². The molecule has 0 fully saturated rings. The second kappa shape index (κ2) is 11.8. The Kier molecular flexibility index (Phi) is 9.47. The lowest BCUT2D eigenvalue weighted by molar-refractivity contribution is -0.116. The molecule has 2 aromatic heterocycles. The first-order valence-electron chi connectivity index (χ1n) is 9.38. The molecule has 0 aliphatic rings. The van der Waals surface area contributed by atoms with Crippen LogP contribution in [0.1, 0.15) is 23.0 Å². The molecule has 1 amide bonds. The normalized spacial score (nSPS) is 12.2. The predicted molar refractivity (Wildman–Crippen MR) is 134 cm³/mol. The van der Waals surface area contributed by atoms with Crippen molar-refractivity contribution in [1.29, 1.82) is 0 Å². The van der Waals surface area contributed by atoms with E-state index in [0.717, 1.165) is 20.5 Å². The summed E-state index contributed by atoms with van der Waals surface area (Å²) in [5.41, 5.74) is 1.04. The van der Waals surface area contributed by atoms with Crippen LogP contribution in [0, 0.1) is 6.92 Å². The largest absolute Gasteiger partial charge is 0.386 e. The number of aliphatic hydroxyl groups is 1. The van der Waals surface area contributed by atoms with Gasteiger partial charge in [-0.25, -0.2) is 4.98 Å². The van der Waals surface area contributed by atoms with E-state index in [9.17, 15) is 9.90 Å². The van der Waals surface area contributed by atoms with Crippen molar-refractivity contribution in [2.45, 2.75) is 19.4 Å². The van der Waals surface area contributed by atoms with Gasteiger partial charge < -0.3 is 21.1 Å². The number of rotatable bonds is 7. The van der Waals surface area contributed by atoms with Gasteiger partial charge in [0.2, 0.25) is 5.91 Å². The average molecular weight is 539 g/mol. The molecule has 7 nitrogen and oxygen atoms in total. The van der Waals surface area contributed by atoms with E-state index in [-0.39, 0.29) is 36.3 Å². The molecular weight excluding hydrogens is 513 g/mol. The fraction of sp³-hybridized carbons (Fsp3) is 0.286. The maximum absolute atomic E-state index is 12.0. The zero-order chi connectivity index (χ0) is 20.6. The number of aliphatic imine (C=N–C) groups is 1. The van der Waals surface area contributed by atoms with Crippen molar-refractivity contribution >= 4 is 63.1 Å². The van der Waals surface area contributed by atoms with Gasteiger partial charge in [-0.15, -0.1) is 35.3 Å². The molecule has 0 saturated carbocycles. The highest BCUT2D eigenvalue weighted by Gasteiger charge is 2.12. The number of amides is 1. The van der Waals surface area contributed by atoms with E-state index in [1.165, 1.54) is 0 Å². The van der Waals surface area contributed by atoms with E-state index in [4.69, 9.17) is 0 Å². The Morgan fingerprint density at radius 2 is 2.03 bits per heavy atom. The highest BCUT2D eigenvalue weighted by Crippen LogP contribution is 2.29. The summed E-state index contributed by atoms with van der Waals surface area (Å²) < 4.78 is 1.15. The number of thiophene rings is 1. The second-order valence-electron chi connectivity index (χ2n) is 6.60. The molecule has 3 aromatic rings. The fourth-order valence-corrected chi connectivity index (χ4v) is 3.77. The lowest BCUT2D eigenvalue weighted by Gasteiger charge is -2.14.